The Morgan fingerprint density at radius 3 is 2.64 bits per heavy atom. The standard InChI is InChI=1S/C15H12FN5O/c16-11-4-10(6-18-12(11)5-17)13-7-20-14(8-19-13)21-15(22)9-2-1-3-9/h4,6-9H,1-3H2,(H,20,21,22). The fourth-order valence-electron chi connectivity index (χ4n) is 2.10. The average Bonchev–Trinajstić information content (AvgIpc) is 2.46. The molecule has 1 saturated carbocycles. The van der Waals surface area contributed by atoms with Crippen molar-refractivity contribution in [3.8, 4) is 17.3 Å². The van der Waals surface area contributed by atoms with Crippen molar-refractivity contribution in [2.24, 2.45) is 5.92 Å². The van der Waals surface area contributed by atoms with E-state index >= 15 is 0 Å². The molecule has 0 radical (unpaired) electrons. The number of rotatable bonds is 3. The van der Waals surface area contributed by atoms with E-state index in [0.29, 0.717) is 17.1 Å². The predicted molar refractivity (Wildman–Crippen MR) is 75.9 cm³/mol. The first-order valence-electron chi connectivity index (χ1n) is 6.86. The van der Waals surface area contributed by atoms with Crippen LogP contribution in [0, 0.1) is 23.1 Å². The van der Waals surface area contributed by atoms with Gasteiger partial charge in [0.25, 0.3) is 0 Å². The molecule has 3 rings (SSSR count). The molecule has 1 amide bonds. The average molecular weight is 297 g/mol. The Morgan fingerprint density at radius 2 is 2.09 bits per heavy atom. The molecule has 0 saturated heterocycles. The van der Waals surface area contributed by atoms with E-state index in [4.69, 9.17) is 5.26 Å². The van der Waals surface area contributed by atoms with Crippen molar-refractivity contribution in [1.82, 2.24) is 15.0 Å². The molecule has 1 aliphatic rings. The lowest BCUT2D eigenvalue weighted by Crippen LogP contribution is -2.28. The highest BCUT2D eigenvalue weighted by Gasteiger charge is 2.25. The molecule has 1 aliphatic carbocycles. The summed E-state index contributed by atoms with van der Waals surface area (Å²) < 4.78 is 13.5. The monoisotopic (exact) mass is 297 g/mol. The molecule has 0 bridgehead atoms. The SMILES string of the molecule is N#Cc1ncc(-c2cnc(NC(=O)C3CCC3)cn2)cc1F. The van der Waals surface area contributed by atoms with Crippen LogP contribution in [0.4, 0.5) is 10.2 Å². The Morgan fingerprint density at radius 1 is 1.27 bits per heavy atom. The van der Waals surface area contributed by atoms with Gasteiger partial charge in [-0.15, -0.1) is 0 Å². The number of nitriles is 1. The number of carbonyl (C=O) groups is 1. The number of pyridine rings is 1. The Bertz CT molecular complexity index is 750. The van der Waals surface area contributed by atoms with E-state index in [1.54, 1.807) is 6.07 Å². The van der Waals surface area contributed by atoms with Gasteiger partial charge in [-0.05, 0) is 18.9 Å². The van der Waals surface area contributed by atoms with Crippen molar-refractivity contribution in [3.05, 3.63) is 36.2 Å². The molecule has 0 spiro atoms. The highest BCUT2D eigenvalue weighted by Crippen LogP contribution is 2.27. The van der Waals surface area contributed by atoms with Gasteiger partial charge in [-0.2, -0.15) is 5.26 Å². The first kappa shape index (κ1) is 14.1. The predicted octanol–water partition coefficient (Wildman–Crippen LogP) is 2.29. The van der Waals surface area contributed by atoms with Crippen molar-refractivity contribution in [2.75, 3.05) is 5.32 Å². The number of aromatic nitrogens is 3. The lowest BCUT2D eigenvalue weighted by Gasteiger charge is -2.23. The second-order valence-electron chi connectivity index (χ2n) is 5.07. The molecule has 22 heavy (non-hydrogen) atoms. The Hall–Kier alpha value is -2.88. The number of amides is 1. The minimum atomic E-state index is -0.704. The third-order valence-electron chi connectivity index (χ3n) is 3.62. The van der Waals surface area contributed by atoms with Gasteiger partial charge in [0.05, 0.1) is 18.1 Å². The molecule has 6 nitrogen and oxygen atoms in total. The third kappa shape index (κ3) is 2.76. The summed E-state index contributed by atoms with van der Waals surface area (Å²) in [5.74, 6) is -0.315. The number of hydrogen-bond acceptors (Lipinski definition) is 5. The van der Waals surface area contributed by atoms with Crippen LogP contribution < -0.4 is 5.32 Å². The maximum absolute atomic E-state index is 13.5. The molecule has 0 aromatic carbocycles. The van der Waals surface area contributed by atoms with Gasteiger partial charge in [-0.3, -0.25) is 9.78 Å². The van der Waals surface area contributed by atoms with Crippen LogP contribution in [0.2, 0.25) is 0 Å². The van der Waals surface area contributed by atoms with E-state index in [-0.39, 0.29) is 17.5 Å². The molecule has 2 aromatic rings. The third-order valence-corrected chi connectivity index (χ3v) is 3.62. The number of anilines is 1. The zero-order valence-electron chi connectivity index (χ0n) is 11.6. The number of nitrogens with one attached hydrogen (secondary N) is 1. The van der Waals surface area contributed by atoms with Crippen LogP contribution in [0.5, 0.6) is 0 Å². The van der Waals surface area contributed by atoms with E-state index in [1.165, 1.54) is 24.7 Å². The van der Waals surface area contributed by atoms with Crippen LogP contribution >= 0.6 is 0 Å². The molecule has 0 unspecified atom stereocenters. The summed E-state index contributed by atoms with van der Waals surface area (Å²) in [4.78, 5) is 23.7. The van der Waals surface area contributed by atoms with E-state index in [1.807, 2.05) is 0 Å². The zero-order chi connectivity index (χ0) is 15.5. The van der Waals surface area contributed by atoms with Crippen LogP contribution in [0.25, 0.3) is 11.3 Å². The van der Waals surface area contributed by atoms with Gasteiger partial charge in [-0.25, -0.2) is 14.4 Å². The zero-order valence-corrected chi connectivity index (χ0v) is 11.6. The van der Waals surface area contributed by atoms with Gasteiger partial charge in [0.1, 0.15) is 6.07 Å². The van der Waals surface area contributed by atoms with Crippen molar-refractivity contribution in [3.63, 3.8) is 0 Å². The molecular weight excluding hydrogens is 285 g/mol. The van der Waals surface area contributed by atoms with Gasteiger partial charge < -0.3 is 5.32 Å². The first-order chi connectivity index (χ1) is 10.7. The topological polar surface area (TPSA) is 91.6 Å². The van der Waals surface area contributed by atoms with Gasteiger partial charge in [0.15, 0.2) is 17.3 Å². The normalized spacial score (nSPS) is 14.0. The fourth-order valence-corrected chi connectivity index (χ4v) is 2.10. The first-order valence-corrected chi connectivity index (χ1v) is 6.86. The number of halogens is 1. The molecule has 110 valence electrons. The Labute approximate surface area is 126 Å². The van der Waals surface area contributed by atoms with Gasteiger partial charge in [0.2, 0.25) is 5.91 Å². The lowest BCUT2D eigenvalue weighted by atomic mass is 9.85. The lowest BCUT2D eigenvalue weighted by molar-refractivity contribution is -0.122. The Balaban J connectivity index is 1.75. The van der Waals surface area contributed by atoms with E-state index in [0.717, 1.165) is 19.3 Å². The van der Waals surface area contributed by atoms with E-state index in [2.05, 4.69) is 20.3 Å². The summed E-state index contributed by atoms with van der Waals surface area (Å²) >= 11 is 0. The molecule has 0 aliphatic heterocycles. The molecule has 0 atom stereocenters. The van der Waals surface area contributed by atoms with Crippen LogP contribution in [-0.2, 0) is 4.79 Å². The highest BCUT2D eigenvalue weighted by molar-refractivity contribution is 5.92. The van der Waals surface area contributed by atoms with Crippen LogP contribution in [0.1, 0.15) is 25.0 Å². The number of carbonyl (C=O) groups excluding carboxylic acids is 1. The second kappa shape index (κ2) is 5.85. The molecular formula is C15H12FN5O. The summed E-state index contributed by atoms with van der Waals surface area (Å²) in [6.07, 6.45) is 7.11. The van der Waals surface area contributed by atoms with E-state index < -0.39 is 5.82 Å². The molecule has 2 aromatic heterocycles. The maximum atomic E-state index is 13.5. The molecule has 1 N–H and O–H groups in total. The highest BCUT2D eigenvalue weighted by atomic mass is 19.1. The molecule has 2 heterocycles. The quantitative estimate of drug-likeness (QED) is 0.938. The molecule has 7 heteroatoms. The van der Waals surface area contributed by atoms with Crippen molar-refractivity contribution < 1.29 is 9.18 Å². The van der Waals surface area contributed by atoms with Crippen molar-refractivity contribution in [2.45, 2.75) is 19.3 Å². The van der Waals surface area contributed by atoms with Crippen LogP contribution in [-0.4, -0.2) is 20.9 Å². The van der Waals surface area contributed by atoms with Gasteiger partial charge in [0, 0.05) is 17.7 Å². The minimum Gasteiger partial charge on any atom is -0.309 e. The Kier molecular flexibility index (Phi) is 3.74. The van der Waals surface area contributed by atoms with Gasteiger partial charge in [-0.1, -0.05) is 6.42 Å². The van der Waals surface area contributed by atoms with Crippen LogP contribution in [0.15, 0.2) is 24.7 Å². The minimum absolute atomic E-state index is 0.0422. The summed E-state index contributed by atoms with van der Waals surface area (Å²) in [6, 6.07) is 2.84. The van der Waals surface area contributed by atoms with Crippen molar-refractivity contribution in [1.29, 1.82) is 5.26 Å². The van der Waals surface area contributed by atoms with Crippen LogP contribution in [0.3, 0.4) is 0 Å². The summed E-state index contributed by atoms with van der Waals surface area (Å²) in [5.41, 5.74) is 0.569. The summed E-state index contributed by atoms with van der Waals surface area (Å²) in [6.45, 7) is 0. The smallest absolute Gasteiger partial charge is 0.228 e. The second-order valence-corrected chi connectivity index (χ2v) is 5.07. The summed E-state index contributed by atoms with van der Waals surface area (Å²) in [5, 5.41) is 11.4. The fraction of sp³-hybridized carbons (Fsp3) is 0.267. The summed E-state index contributed by atoms with van der Waals surface area (Å²) in [7, 11) is 0. The van der Waals surface area contributed by atoms with Crippen molar-refractivity contribution >= 4 is 11.7 Å². The number of nitrogens with zero attached hydrogens (tertiary/aromatic N) is 4. The van der Waals surface area contributed by atoms with Gasteiger partial charge >= 0.3 is 0 Å². The molecule has 1 fully saturated rings. The van der Waals surface area contributed by atoms with E-state index in [9.17, 15) is 9.18 Å². The largest absolute Gasteiger partial charge is 0.309 e. The maximum Gasteiger partial charge on any atom is 0.228 e. The number of hydrogen-bond donors (Lipinski definition) is 1.